The van der Waals surface area contributed by atoms with Crippen molar-refractivity contribution in [1.29, 1.82) is 0 Å². The van der Waals surface area contributed by atoms with Crippen molar-refractivity contribution in [3.63, 3.8) is 0 Å². The van der Waals surface area contributed by atoms with Crippen LogP contribution in [-0.2, 0) is 4.79 Å². The third kappa shape index (κ3) is 4.50. The number of ether oxygens (including phenoxy) is 1. The Morgan fingerprint density at radius 2 is 2.31 bits per heavy atom. The van der Waals surface area contributed by atoms with Crippen molar-refractivity contribution in [1.82, 2.24) is 5.32 Å². The zero-order valence-corrected chi connectivity index (χ0v) is 9.32. The van der Waals surface area contributed by atoms with E-state index in [0.717, 1.165) is 5.57 Å². The number of nitrogen functional groups attached to an aromatic ring is 1. The predicted molar refractivity (Wildman–Crippen MR) is 64.2 cm³/mol. The Bertz CT molecular complexity index is 388. The van der Waals surface area contributed by atoms with Crippen molar-refractivity contribution < 1.29 is 9.53 Å². The first kappa shape index (κ1) is 12.1. The van der Waals surface area contributed by atoms with E-state index in [-0.39, 0.29) is 12.5 Å². The van der Waals surface area contributed by atoms with Gasteiger partial charge in [-0.25, -0.2) is 0 Å². The first-order valence-corrected chi connectivity index (χ1v) is 4.97. The monoisotopic (exact) mass is 220 g/mol. The van der Waals surface area contributed by atoms with Gasteiger partial charge < -0.3 is 15.8 Å². The second-order valence-corrected chi connectivity index (χ2v) is 3.60. The first-order chi connectivity index (χ1) is 7.58. The maximum atomic E-state index is 11.3. The molecule has 3 N–H and O–H groups in total. The molecule has 0 saturated carbocycles. The Balaban J connectivity index is 2.34. The Labute approximate surface area is 95.1 Å². The Kier molecular flexibility index (Phi) is 4.39. The first-order valence-electron chi connectivity index (χ1n) is 4.97. The maximum absolute atomic E-state index is 11.3. The van der Waals surface area contributed by atoms with Crippen LogP contribution in [-0.4, -0.2) is 19.1 Å². The summed E-state index contributed by atoms with van der Waals surface area (Å²) < 4.78 is 5.26. The fraction of sp³-hybridized carbons (Fsp3) is 0.250. The SMILES string of the molecule is C=C(C)CNC(=O)COc1cccc(N)c1. The minimum absolute atomic E-state index is 0.0171. The van der Waals surface area contributed by atoms with E-state index in [9.17, 15) is 4.79 Å². The summed E-state index contributed by atoms with van der Waals surface area (Å²) in [6, 6.07) is 6.96. The summed E-state index contributed by atoms with van der Waals surface area (Å²) in [4.78, 5) is 11.3. The Hall–Kier alpha value is -1.97. The molecule has 0 unspecified atom stereocenters. The van der Waals surface area contributed by atoms with Crippen LogP contribution in [0.15, 0.2) is 36.4 Å². The average molecular weight is 220 g/mol. The van der Waals surface area contributed by atoms with E-state index in [1.54, 1.807) is 24.3 Å². The fourth-order valence-electron chi connectivity index (χ4n) is 1.05. The van der Waals surface area contributed by atoms with Crippen LogP contribution in [0.4, 0.5) is 5.69 Å². The molecule has 0 saturated heterocycles. The van der Waals surface area contributed by atoms with Gasteiger partial charge in [-0.3, -0.25) is 4.79 Å². The highest BCUT2D eigenvalue weighted by atomic mass is 16.5. The molecule has 1 aromatic rings. The third-order valence-electron chi connectivity index (χ3n) is 1.82. The number of rotatable bonds is 5. The van der Waals surface area contributed by atoms with Crippen molar-refractivity contribution in [3.05, 3.63) is 36.4 Å². The number of nitrogens with two attached hydrogens (primary N) is 1. The van der Waals surface area contributed by atoms with Crippen LogP contribution in [0, 0.1) is 0 Å². The van der Waals surface area contributed by atoms with E-state index in [4.69, 9.17) is 10.5 Å². The smallest absolute Gasteiger partial charge is 0.258 e. The zero-order valence-electron chi connectivity index (χ0n) is 9.32. The highest BCUT2D eigenvalue weighted by Crippen LogP contribution is 2.13. The molecule has 16 heavy (non-hydrogen) atoms. The van der Waals surface area contributed by atoms with Crippen LogP contribution in [0.5, 0.6) is 5.75 Å². The van der Waals surface area contributed by atoms with Crippen molar-refractivity contribution in [3.8, 4) is 5.75 Å². The number of amides is 1. The van der Waals surface area contributed by atoms with Crippen LogP contribution in [0.1, 0.15) is 6.92 Å². The lowest BCUT2D eigenvalue weighted by Gasteiger charge is -2.07. The number of hydrogen-bond acceptors (Lipinski definition) is 3. The van der Waals surface area contributed by atoms with Crippen molar-refractivity contribution >= 4 is 11.6 Å². The molecule has 0 atom stereocenters. The summed E-state index contributed by atoms with van der Waals surface area (Å²) in [5.41, 5.74) is 7.08. The molecule has 0 aliphatic rings. The number of nitrogens with one attached hydrogen (secondary N) is 1. The van der Waals surface area contributed by atoms with Gasteiger partial charge in [0.25, 0.3) is 5.91 Å². The van der Waals surface area contributed by atoms with Gasteiger partial charge in [-0.05, 0) is 19.1 Å². The van der Waals surface area contributed by atoms with Crippen LogP contribution in [0.25, 0.3) is 0 Å². The minimum atomic E-state index is -0.176. The Morgan fingerprint density at radius 1 is 1.56 bits per heavy atom. The molecule has 0 heterocycles. The number of hydrogen-bond donors (Lipinski definition) is 2. The molecule has 1 amide bonds. The highest BCUT2D eigenvalue weighted by molar-refractivity contribution is 5.77. The van der Waals surface area contributed by atoms with E-state index in [0.29, 0.717) is 18.0 Å². The molecule has 0 radical (unpaired) electrons. The summed E-state index contributed by atoms with van der Waals surface area (Å²) in [5, 5.41) is 2.67. The van der Waals surface area contributed by atoms with E-state index < -0.39 is 0 Å². The third-order valence-corrected chi connectivity index (χ3v) is 1.82. The molecule has 0 aliphatic carbocycles. The fourth-order valence-corrected chi connectivity index (χ4v) is 1.05. The minimum Gasteiger partial charge on any atom is -0.484 e. The van der Waals surface area contributed by atoms with Gasteiger partial charge >= 0.3 is 0 Å². The van der Waals surface area contributed by atoms with Crippen LogP contribution in [0.3, 0.4) is 0 Å². The van der Waals surface area contributed by atoms with Gasteiger partial charge in [0, 0.05) is 18.3 Å². The topological polar surface area (TPSA) is 64.3 Å². The average Bonchev–Trinajstić information content (AvgIpc) is 2.23. The van der Waals surface area contributed by atoms with Crippen molar-refractivity contribution in [2.24, 2.45) is 0 Å². The molecule has 0 bridgehead atoms. The molecule has 1 aromatic carbocycles. The molecule has 4 nitrogen and oxygen atoms in total. The van der Waals surface area contributed by atoms with E-state index in [1.807, 2.05) is 6.92 Å². The Morgan fingerprint density at radius 3 is 2.94 bits per heavy atom. The summed E-state index contributed by atoms with van der Waals surface area (Å²) >= 11 is 0. The second kappa shape index (κ2) is 5.80. The number of carbonyl (C=O) groups is 1. The molecular weight excluding hydrogens is 204 g/mol. The lowest BCUT2D eigenvalue weighted by Crippen LogP contribution is -2.29. The molecule has 0 aromatic heterocycles. The van der Waals surface area contributed by atoms with E-state index in [2.05, 4.69) is 11.9 Å². The van der Waals surface area contributed by atoms with Crippen molar-refractivity contribution in [2.75, 3.05) is 18.9 Å². The molecule has 1 rings (SSSR count). The summed E-state index contributed by atoms with van der Waals surface area (Å²) in [5.74, 6) is 0.413. The summed E-state index contributed by atoms with van der Waals surface area (Å²) in [6.45, 7) is 5.99. The standard InChI is InChI=1S/C12H16N2O2/c1-9(2)7-14-12(15)8-16-11-5-3-4-10(13)6-11/h3-6H,1,7-8,13H2,2H3,(H,14,15). The van der Waals surface area contributed by atoms with Gasteiger partial charge in [-0.15, -0.1) is 0 Å². The van der Waals surface area contributed by atoms with Crippen molar-refractivity contribution in [2.45, 2.75) is 6.92 Å². The van der Waals surface area contributed by atoms with Crippen LogP contribution < -0.4 is 15.8 Å². The normalized spacial score (nSPS) is 9.56. The van der Waals surface area contributed by atoms with Gasteiger partial charge in [0.05, 0.1) is 0 Å². The summed E-state index contributed by atoms with van der Waals surface area (Å²) in [7, 11) is 0. The lowest BCUT2D eigenvalue weighted by atomic mass is 10.3. The molecule has 86 valence electrons. The molecule has 0 aliphatic heterocycles. The number of carbonyl (C=O) groups excluding carboxylic acids is 1. The van der Waals surface area contributed by atoms with Gasteiger partial charge in [-0.2, -0.15) is 0 Å². The molecule has 0 fully saturated rings. The highest BCUT2D eigenvalue weighted by Gasteiger charge is 2.01. The zero-order chi connectivity index (χ0) is 12.0. The van der Waals surface area contributed by atoms with E-state index in [1.165, 1.54) is 0 Å². The molecule has 4 heteroatoms. The van der Waals surface area contributed by atoms with Gasteiger partial charge in [0.15, 0.2) is 6.61 Å². The molecular formula is C12H16N2O2. The lowest BCUT2D eigenvalue weighted by molar-refractivity contribution is -0.122. The number of benzene rings is 1. The summed E-state index contributed by atoms with van der Waals surface area (Å²) in [6.07, 6.45) is 0. The van der Waals surface area contributed by atoms with Gasteiger partial charge in [0.1, 0.15) is 5.75 Å². The van der Waals surface area contributed by atoms with Gasteiger partial charge in [0.2, 0.25) is 0 Å². The van der Waals surface area contributed by atoms with Gasteiger partial charge in [-0.1, -0.05) is 18.2 Å². The second-order valence-electron chi connectivity index (χ2n) is 3.60. The number of anilines is 1. The predicted octanol–water partition coefficient (Wildman–Crippen LogP) is 1.34. The largest absolute Gasteiger partial charge is 0.484 e. The van der Waals surface area contributed by atoms with Crippen LogP contribution >= 0.6 is 0 Å². The van der Waals surface area contributed by atoms with E-state index >= 15 is 0 Å². The molecule has 0 spiro atoms. The maximum Gasteiger partial charge on any atom is 0.258 e. The quantitative estimate of drug-likeness (QED) is 0.581. The van der Waals surface area contributed by atoms with Crippen LogP contribution in [0.2, 0.25) is 0 Å².